The molecule has 11 nitrogen and oxygen atoms in total. The molecule has 0 saturated heterocycles. The number of carbonyl (C=O) groups excluding carboxylic acids is 1. The van der Waals surface area contributed by atoms with E-state index in [1.807, 2.05) is 50.4 Å². The van der Waals surface area contributed by atoms with Gasteiger partial charge in [-0.15, -0.1) is 0 Å². The van der Waals surface area contributed by atoms with Gasteiger partial charge < -0.3 is 29.2 Å². The number of benzene rings is 4. The largest absolute Gasteiger partial charge is 0.469 e. The van der Waals surface area contributed by atoms with E-state index in [9.17, 15) is 13.2 Å². The number of hydrogen-bond donors (Lipinski definition) is 3. The maximum atomic E-state index is 14.4. The highest BCUT2D eigenvalue weighted by molar-refractivity contribution is 7.91. The van der Waals surface area contributed by atoms with Crippen molar-refractivity contribution in [3.63, 3.8) is 0 Å². The number of hydrogen-bond acceptors (Lipinski definition) is 9. The van der Waals surface area contributed by atoms with E-state index in [1.54, 1.807) is 36.5 Å². The monoisotopic (exact) mass is 735 g/mol. The Kier molecular flexibility index (Phi) is 6.37. The number of aromatic nitrogens is 3. The molecule has 4 aromatic carbocycles. The first kappa shape index (κ1) is 31.4. The van der Waals surface area contributed by atoms with Crippen LogP contribution in [0.2, 0.25) is 0 Å². The molecule has 11 rings (SSSR count). The summed E-state index contributed by atoms with van der Waals surface area (Å²) in [4.78, 5) is 27.9. The highest BCUT2D eigenvalue weighted by Gasteiger charge is 2.61. The molecule has 10 bridgehead atoms. The molecular weight excluding hydrogens is 703 g/mol. The number of para-hydroxylation sites is 1. The van der Waals surface area contributed by atoms with Gasteiger partial charge in [-0.3, -0.25) is 4.79 Å². The minimum atomic E-state index is -3.83. The van der Waals surface area contributed by atoms with E-state index >= 15 is 0 Å². The first-order valence-electron chi connectivity index (χ1n) is 18.1. The van der Waals surface area contributed by atoms with Gasteiger partial charge in [-0.2, -0.15) is 0 Å². The molecule has 0 fully saturated rings. The third-order valence-corrected chi connectivity index (χ3v) is 13.3. The molecule has 4 atom stereocenters. The Hall–Kier alpha value is -6.14. The van der Waals surface area contributed by atoms with Crippen molar-refractivity contribution in [1.82, 2.24) is 20.3 Å². The molecule has 0 saturated carbocycles. The van der Waals surface area contributed by atoms with Crippen LogP contribution in [0.4, 0.5) is 5.69 Å². The third kappa shape index (κ3) is 4.22. The molecule has 1 spiro atoms. The van der Waals surface area contributed by atoms with E-state index in [4.69, 9.17) is 23.5 Å². The van der Waals surface area contributed by atoms with Crippen LogP contribution in [-0.4, -0.2) is 41.3 Å². The number of nitrogens with one attached hydrogen (secondary N) is 3. The van der Waals surface area contributed by atoms with Crippen LogP contribution in [0.25, 0.3) is 44.9 Å². The van der Waals surface area contributed by atoms with Crippen LogP contribution >= 0.6 is 0 Å². The van der Waals surface area contributed by atoms with Gasteiger partial charge in [0.25, 0.3) is 0 Å². The number of carbonyl (C=O) groups is 1. The minimum absolute atomic E-state index is 0.171. The number of H-pyrrole nitrogens is 1. The summed E-state index contributed by atoms with van der Waals surface area (Å²) in [7, 11) is -3.83. The summed E-state index contributed by atoms with van der Waals surface area (Å²) in [5.74, 6) is 0.318. The Balaban J connectivity index is 1.20. The normalized spacial score (nSPS) is 21.8. The maximum Gasteiger partial charge on any atom is 0.249 e. The molecule has 7 aromatic rings. The predicted octanol–water partition coefficient (Wildman–Crippen LogP) is 7.40. The van der Waals surface area contributed by atoms with Gasteiger partial charge in [0.15, 0.2) is 33.3 Å². The SMILES string of the molecule is CC(C)[C@@H]1NC(=O)C(CS(=O)(=O)c2ccccc2)Cc2ccc3c(c2)[C@]24c5cccc(c5NC2O3)-c2cccc3[nH]cc(c23)-c2cnc(o2)-c2nc1oc24. The second kappa shape index (κ2) is 11.0. The van der Waals surface area contributed by atoms with E-state index in [1.165, 1.54) is 0 Å². The van der Waals surface area contributed by atoms with Crippen LogP contribution in [0.3, 0.4) is 0 Å². The fraction of sp³-hybridized carbons (Fsp3) is 0.214. The number of rotatable bonds is 4. The Labute approximate surface area is 309 Å². The molecule has 12 heteroatoms. The number of oxazole rings is 2. The lowest BCUT2D eigenvalue weighted by atomic mass is 9.72. The number of sulfone groups is 1. The zero-order chi connectivity index (χ0) is 36.5. The van der Waals surface area contributed by atoms with Crippen LogP contribution in [0.5, 0.6) is 5.75 Å². The maximum absolute atomic E-state index is 14.4. The Bertz CT molecular complexity index is 2820. The standard InChI is InChI=1S/C42H33N5O6S/c1-21(2)34-40-46-36-37(53-40)42-28-12-6-11-26(25-10-7-13-30-33(25)27(18-43-30)32-19-44-39(36)51-32)35(28)47-41(42)52-31-15-14-22(17-29(31)42)16-23(38(48)45-34)20-54(49,50)24-8-4-3-5-9-24/h3-15,17-19,21,23,34,41,43,47H,16,20H2,1-2H3,(H,45,48)/t23?,34-,41?,42-/m0/s1. The Morgan fingerprint density at radius 3 is 2.59 bits per heavy atom. The Morgan fingerprint density at radius 2 is 1.74 bits per heavy atom. The van der Waals surface area contributed by atoms with Crippen molar-refractivity contribution < 1.29 is 26.8 Å². The lowest BCUT2D eigenvalue weighted by molar-refractivity contribution is -0.125. The smallest absolute Gasteiger partial charge is 0.249 e. The Morgan fingerprint density at radius 1 is 0.907 bits per heavy atom. The summed E-state index contributed by atoms with van der Waals surface area (Å²) in [6, 6.07) is 25.8. The zero-order valence-electron chi connectivity index (χ0n) is 29.2. The van der Waals surface area contributed by atoms with Gasteiger partial charge in [0.05, 0.1) is 22.8 Å². The second-order valence-electron chi connectivity index (χ2n) is 14.9. The van der Waals surface area contributed by atoms with Gasteiger partial charge in [-0.05, 0) is 47.7 Å². The average Bonchev–Trinajstić information content (AvgIpc) is 4.00. The summed E-state index contributed by atoms with van der Waals surface area (Å²) < 4.78 is 48.1. The van der Waals surface area contributed by atoms with Gasteiger partial charge >= 0.3 is 0 Å². The molecule has 3 aromatic heterocycles. The quantitative estimate of drug-likeness (QED) is 0.168. The average molecular weight is 736 g/mol. The number of amides is 1. The summed E-state index contributed by atoms with van der Waals surface area (Å²) in [5, 5.41) is 7.92. The van der Waals surface area contributed by atoms with Crippen LogP contribution in [0.15, 0.2) is 111 Å². The van der Waals surface area contributed by atoms with Crippen LogP contribution < -0.4 is 15.4 Å². The molecule has 7 heterocycles. The molecule has 1 amide bonds. The van der Waals surface area contributed by atoms with Crippen molar-refractivity contribution in [3.8, 4) is 39.8 Å². The molecule has 54 heavy (non-hydrogen) atoms. The number of aromatic amines is 1. The lowest BCUT2D eigenvalue weighted by Gasteiger charge is -2.28. The number of nitrogens with zero attached hydrogens (tertiary/aromatic N) is 2. The molecule has 4 aliphatic rings. The number of anilines is 1. The van der Waals surface area contributed by atoms with E-state index in [0.717, 1.165) is 50.0 Å². The lowest BCUT2D eigenvalue weighted by Crippen LogP contribution is -2.41. The summed E-state index contributed by atoms with van der Waals surface area (Å²) in [6.07, 6.45) is 3.17. The number of fused-ring (bicyclic) bond motifs is 7. The molecule has 0 aliphatic carbocycles. The van der Waals surface area contributed by atoms with Crippen LogP contribution in [0, 0.1) is 11.8 Å². The van der Waals surface area contributed by atoms with Crippen molar-refractivity contribution >= 4 is 32.3 Å². The van der Waals surface area contributed by atoms with Crippen LogP contribution in [0.1, 0.15) is 48.2 Å². The molecular formula is C42H33N5O6S. The van der Waals surface area contributed by atoms with E-state index in [-0.39, 0.29) is 34.8 Å². The van der Waals surface area contributed by atoms with Crippen molar-refractivity contribution in [1.29, 1.82) is 0 Å². The highest BCUT2D eigenvalue weighted by Crippen LogP contribution is 2.61. The van der Waals surface area contributed by atoms with Crippen molar-refractivity contribution in [2.24, 2.45) is 11.8 Å². The van der Waals surface area contributed by atoms with Crippen molar-refractivity contribution in [2.75, 3.05) is 11.1 Å². The topological polar surface area (TPSA) is 152 Å². The summed E-state index contributed by atoms with van der Waals surface area (Å²) in [6.45, 7) is 3.94. The summed E-state index contributed by atoms with van der Waals surface area (Å²) in [5.41, 5.74) is 6.55. The minimum Gasteiger partial charge on any atom is -0.469 e. The highest BCUT2D eigenvalue weighted by atomic mass is 32.2. The van der Waals surface area contributed by atoms with E-state index < -0.39 is 39.3 Å². The fourth-order valence-electron chi connectivity index (χ4n) is 8.93. The number of ether oxygens (including phenoxy) is 1. The zero-order valence-corrected chi connectivity index (χ0v) is 30.0. The first-order valence-corrected chi connectivity index (χ1v) is 19.7. The summed E-state index contributed by atoms with van der Waals surface area (Å²) >= 11 is 0. The van der Waals surface area contributed by atoms with Gasteiger partial charge in [0, 0.05) is 45.0 Å². The fourth-order valence-corrected chi connectivity index (χ4v) is 10.5. The van der Waals surface area contributed by atoms with E-state index in [2.05, 4.69) is 39.9 Å². The van der Waals surface area contributed by atoms with Gasteiger partial charge in [0.1, 0.15) is 17.2 Å². The first-order chi connectivity index (χ1) is 26.2. The van der Waals surface area contributed by atoms with E-state index in [0.29, 0.717) is 23.0 Å². The van der Waals surface area contributed by atoms with Gasteiger partial charge in [0.2, 0.25) is 17.7 Å². The molecule has 268 valence electrons. The van der Waals surface area contributed by atoms with Crippen molar-refractivity contribution in [2.45, 2.75) is 42.8 Å². The molecule has 0 radical (unpaired) electrons. The molecule has 4 aliphatic heterocycles. The van der Waals surface area contributed by atoms with Crippen molar-refractivity contribution in [3.05, 3.63) is 126 Å². The second-order valence-corrected chi connectivity index (χ2v) is 17.0. The molecule has 3 N–H and O–H groups in total. The van der Waals surface area contributed by atoms with Crippen LogP contribution in [-0.2, 0) is 26.5 Å². The third-order valence-electron chi connectivity index (χ3n) is 11.4. The predicted molar refractivity (Wildman–Crippen MR) is 201 cm³/mol. The molecule has 2 unspecified atom stereocenters. The van der Waals surface area contributed by atoms with Gasteiger partial charge in [-0.25, -0.2) is 18.4 Å². The van der Waals surface area contributed by atoms with Gasteiger partial charge in [-0.1, -0.05) is 74.5 Å².